The number of likely N-dealkylation sites (N-methyl/N-ethyl adjacent to an activating group) is 1. The predicted octanol–water partition coefficient (Wildman–Crippen LogP) is 5.97. The molecule has 2 atom stereocenters. The quantitative estimate of drug-likeness (QED) is 0.277. The third-order valence-corrected chi connectivity index (χ3v) is 7.03. The Kier molecular flexibility index (Phi) is 9.28. The fraction of sp³-hybridized carbons (Fsp3) is 0.481. The van der Waals surface area contributed by atoms with Crippen LogP contribution in [0, 0.1) is 0 Å². The molecule has 3 aromatic rings. The predicted molar refractivity (Wildman–Crippen MR) is 142 cm³/mol. The molecule has 0 fully saturated rings. The third kappa shape index (κ3) is 7.96. The van der Waals surface area contributed by atoms with Crippen molar-refractivity contribution in [3.63, 3.8) is 0 Å². The van der Waals surface area contributed by atoms with Gasteiger partial charge in [0.2, 0.25) is 5.91 Å². The van der Waals surface area contributed by atoms with Crippen molar-refractivity contribution in [1.29, 1.82) is 0 Å². The van der Waals surface area contributed by atoms with E-state index in [2.05, 4.69) is 20.1 Å². The summed E-state index contributed by atoms with van der Waals surface area (Å²) >= 11 is 0. The van der Waals surface area contributed by atoms with Gasteiger partial charge in [-0.1, -0.05) is 12.0 Å². The number of carbonyl (C=O) groups is 1. The smallest absolute Gasteiger partial charge is 0.406 e. The van der Waals surface area contributed by atoms with Crippen LogP contribution in [0.3, 0.4) is 0 Å². The average Bonchev–Trinajstić information content (AvgIpc) is 3.34. The lowest BCUT2D eigenvalue weighted by Gasteiger charge is -2.44. The van der Waals surface area contributed by atoms with E-state index >= 15 is 0 Å². The number of ether oxygens (including phenoxy) is 1. The Bertz CT molecular complexity index is 1490. The van der Waals surface area contributed by atoms with Gasteiger partial charge in [0.05, 0.1) is 30.8 Å². The summed E-state index contributed by atoms with van der Waals surface area (Å²) in [5, 5.41) is 11.8. The van der Waals surface area contributed by atoms with Crippen molar-refractivity contribution in [2.75, 3.05) is 30.4 Å². The molecule has 9 nitrogen and oxygen atoms in total. The Hall–Kier alpha value is -4.09. The molecule has 0 N–H and O–H groups in total. The second-order valence-electron chi connectivity index (χ2n) is 10.7. The van der Waals surface area contributed by atoms with E-state index in [0.29, 0.717) is 18.6 Å². The van der Waals surface area contributed by atoms with E-state index in [9.17, 15) is 44.3 Å². The molecule has 1 amide bonds. The first-order chi connectivity index (χ1) is 20.8. The number of carbonyl (C=O) groups excluding carboxylic acids is 1. The number of rotatable bonds is 8. The Labute approximate surface area is 251 Å². The average molecular weight is 654 g/mol. The topological polar surface area (TPSA) is 79.6 Å². The number of aromatic nitrogens is 4. The van der Waals surface area contributed by atoms with Crippen molar-refractivity contribution in [3.05, 3.63) is 58.7 Å². The van der Waals surface area contributed by atoms with Crippen molar-refractivity contribution in [2.24, 2.45) is 7.05 Å². The highest BCUT2D eigenvalue weighted by Crippen LogP contribution is 2.45. The normalized spacial score (nSPS) is 17.4. The number of anilines is 2. The summed E-state index contributed by atoms with van der Waals surface area (Å²) in [5.74, 6) is -1.25. The van der Waals surface area contributed by atoms with E-state index in [0.717, 1.165) is 16.9 Å². The summed E-state index contributed by atoms with van der Waals surface area (Å²) in [6.45, 7) is 1.08. The molecule has 0 bridgehead atoms. The highest BCUT2D eigenvalue weighted by atomic mass is 19.4. The maximum absolute atomic E-state index is 13.7. The molecule has 45 heavy (non-hydrogen) atoms. The minimum Gasteiger partial charge on any atom is -0.406 e. The largest absolute Gasteiger partial charge is 0.573 e. The lowest BCUT2D eigenvalue weighted by Crippen LogP contribution is -2.50. The van der Waals surface area contributed by atoms with Crippen molar-refractivity contribution in [3.8, 4) is 5.75 Å². The summed E-state index contributed by atoms with van der Waals surface area (Å²) in [5.41, 5.74) is -3.24. The van der Waals surface area contributed by atoms with Crippen LogP contribution in [0.4, 0.5) is 51.1 Å². The number of fused-ring (bicyclic) bond motifs is 1. The van der Waals surface area contributed by atoms with Gasteiger partial charge in [0.15, 0.2) is 0 Å². The fourth-order valence-corrected chi connectivity index (χ4v) is 5.25. The SMILES string of the molecule is CC[C@@H]1C[C@H](N(Cc2cc(C(F)(F)F)cc(C(F)(F)F)c2)c2nnn(C)n2)c2cc(OC(F)(F)F)ccc2N1C(=O)CN(C)C. The Morgan fingerprint density at radius 1 is 0.978 bits per heavy atom. The first kappa shape index (κ1) is 33.8. The molecule has 0 aliphatic carbocycles. The number of hydrogen-bond donors (Lipinski definition) is 0. The van der Waals surface area contributed by atoms with Crippen LogP contribution in [0.2, 0.25) is 0 Å². The molecule has 0 radical (unpaired) electrons. The number of nitrogens with zero attached hydrogens (tertiary/aromatic N) is 7. The molecule has 1 aliphatic rings. The van der Waals surface area contributed by atoms with Gasteiger partial charge in [-0.25, -0.2) is 0 Å². The van der Waals surface area contributed by atoms with Crippen molar-refractivity contribution in [1.82, 2.24) is 25.1 Å². The summed E-state index contributed by atoms with van der Waals surface area (Å²) in [7, 11) is 4.68. The van der Waals surface area contributed by atoms with Crippen LogP contribution in [0.5, 0.6) is 5.75 Å². The van der Waals surface area contributed by atoms with E-state index in [-0.39, 0.29) is 42.1 Å². The van der Waals surface area contributed by atoms with Crippen LogP contribution in [0.1, 0.15) is 48.1 Å². The number of tetrazole rings is 1. The van der Waals surface area contributed by atoms with E-state index in [1.165, 1.54) is 22.9 Å². The zero-order valence-electron chi connectivity index (χ0n) is 24.3. The summed E-state index contributed by atoms with van der Waals surface area (Å²) < 4.78 is 126. The van der Waals surface area contributed by atoms with Crippen LogP contribution < -0.4 is 14.5 Å². The van der Waals surface area contributed by atoms with Gasteiger partial charge in [-0.15, -0.1) is 18.3 Å². The molecule has 2 heterocycles. The van der Waals surface area contributed by atoms with Gasteiger partial charge in [0, 0.05) is 23.8 Å². The summed E-state index contributed by atoms with van der Waals surface area (Å²) in [4.78, 5) is 18.7. The molecular formula is C27H28F9N7O2. The van der Waals surface area contributed by atoms with Gasteiger partial charge in [-0.05, 0) is 74.1 Å². The van der Waals surface area contributed by atoms with Crippen LogP contribution in [0.15, 0.2) is 36.4 Å². The molecular weight excluding hydrogens is 625 g/mol. The molecule has 0 unspecified atom stereocenters. The second-order valence-corrected chi connectivity index (χ2v) is 10.7. The number of benzene rings is 2. The second kappa shape index (κ2) is 12.4. The van der Waals surface area contributed by atoms with Gasteiger partial charge < -0.3 is 19.4 Å². The zero-order valence-corrected chi connectivity index (χ0v) is 24.3. The standard InChI is InChI=1S/C27H28F9N7O2/c1-5-18-11-22(20-12-19(45-27(34,35)36)6-7-21(20)43(18)23(44)14-40(2)3)42(24-37-39-41(4)38-24)13-15-8-16(25(28,29)30)10-17(9-15)26(31,32)33/h6-10,12,18,22H,5,11,13-14H2,1-4H3/t18-,22+/m1/s1. The fourth-order valence-electron chi connectivity index (χ4n) is 5.25. The Morgan fingerprint density at radius 2 is 1.60 bits per heavy atom. The first-order valence-corrected chi connectivity index (χ1v) is 13.4. The molecule has 246 valence electrons. The van der Waals surface area contributed by atoms with E-state index in [1.807, 2.05) is 0 Å². The minimum absolute atomic E-state index is 0.00147. The van der Waals surface area contributed by atoms with Crippen molar-refractivity contribution >= 4 is 17.5 Å². The lowest BCUT2D eigenvalue weighted by molar-refractivity contribution is -0.274. The lowest BCUT2D eigenvalue weighted by atomic mass is 9.88. The first-order valence-electron chi connectivity index (χ1n) is 13.4. The third-order valence-electron chi connectivity index (χ3n) is 7.03. The van der Waals surface area contributed by atoms with Gasteiger partial charge in [-0.2, -0.15) is 31.1 Å². The molecule has 1 aromatic heterocycles. The Morgan fingerprint density at radius 3 is 2.09 bits per heavy atom. The zero-order chi connectivity index (χ0) is 33.5. The van der Waals surface area contributed by atoms with Crippen LogP contribution in [-0.4, -0.2) is 64.1 Å². The molecule has 0 spiro atoms. The van der Waals surface area contributed by atoms with E-state index < -0.39 is 59.8 Å². The molecule has 18 heteroatoms. The van der Waals surface area contributed by atoms with Crippen LogP contribution in [0.25, 0.3) is 0 Å². The number of halogens is 9. The van der Waals surface area contributed by atoms with Crippen LogP contribution in [-0.2, 0) is 30.7 Å². The van der Waals surface area contributed by atoms with Crippen molar-refractivity contribution in [2.45, 2.75) is 57.1 Å². The maximum atomic E-state index is 13.7. The number of alkyl halides is 9. The summed E-state index contributed by atoms with van der Waals surface area (Å²) in [6.07, 6.45) is -15.0. The summed E-state index contributed by atoms with van der Waals surface area (Å²) in [6, 6.07) is 2.79. The molecule has 1 aliphatic heterocycles. The number of aryl methyl sites for hydroxylation is 1. The van der Waals surface area contributed by atoms with Gasteiger partial charge in [0.25, 0.3) is 5.95 Å². The number of hydrogen-bond acceptors (Lipinski definition) is 7. The molecule has 2 aromatic carbocycles. The van der Waals surface area contributed by atoms with Gasteiger partial charge >= 0.3 is 18.7 Å². The van der Waals surface area contributed by atoms with Gasteiger partial charge in [0.1, 0.15) is 5.75 Å². The monoisotopic (exact) mass is 653 g/mol. The van der Waals surface area contributed by atoms with Crippen LogP contribution >= 0.6 is 0 Å². The van der Waals surface area contributed by atoms with Gasteiger partial charge in [-0.3, -0.25) is 4.79 Å². The number of amides is 1. The molecule has 4 rings (SSSR count). The highest BCUT2D eigenvalue weighted by molar-refractivity contribution is 5.97. The molecule has 0 saturated carbocycles. The van der Waals surface area contributed by atoms with E-state index in [1.54, 1.807) is 25.9 Å². The molecule has 0 saturated heterocycles. The van der Waals surface area contributed by atoms with E-state index in [4.69, 9.17) is 0 Å². The Balaban J connectivity index is 1.92. The maximum Gasteiger partial charge on any atom is 0.573 e. The minimum atomic E-state index is -5.12. The van der Waals surface area contributed by atoms with Crippen molar-refractivity contribution < 1.29 is 49.0 Å². The highest BCUT2D eigenvalue weighted by Gasteiger charge is 2.41.